The van der Waals surface area contributed by atoms with Crippen LogP contribution in [0.1, 0.15) is 46.1 Å². The SMILES string of the molecule is C[C@@H](C(=O)NC(C)(C)C)N(Cc1ccc(Cl)cc1Cl)C(=O)CCCOc1ccc(Cl)cc1. The summed E-state index contributed by atoms with van der Waals surface area (Å²) in [4.78, 5) is 27.4. The summed E-state index contributed by atoms with van der Waals surface area (Å²) in [7, 11) is 0. The molecule has 0 saturated heterocycles. The van der Waals surface area contributed by atoms with Gasteiger partial charge in [0.1, 0.15) is 11.8 Å². The minimum absolute atomic E-state index is 0.160. The predicted molar refractivity (Wildman–Crippen MR) is 131 cm³/mol. The van der Waals surface area contributed by atoms with Crippen LogP contribution in [0, 0.1) is 0 Å². The largest absolute Gasteiger partial charge is 0.494 e. The summed E-state index contributed by atoms with van der Waals surface area (Å²) < 4.78 is 5.67. The van der Waals surface area contributed by atoms with Gasteiger partial charge >= 0.3 is 0 Å². The molecule has 2 amide bonds. The second-order valence-corrected chi connectivity index (χ2v) is 9.86. The number of carbonyl (C=O) groups excluding carboxylic acids is 2. The second kappa shape index (κ2) is 11.8. The van der Waals surface area contributed by atoms with E-state index in [0.717, 1.165) is 5.56 Å². The maximum atomic E-state index is 13.1. The van der Waals surface area contributed by atoms with Gasteiger partial charge < -0.3 is 15.0 Å². The molecule has 0 spiro atoms. The van der Waals surface area contributed by atoms with E-state index < -0.39 is 11.6 Å². The van der Waals surface area contributed by atoms with E-state index in [-0.39, 0.29) is 24.8 Å². The van der Waals surface area contributed by atoms with Crippen molar-refractivity contribution in [1.82, 2.24) is 10.2 Å². The van der Waals surface area contributed by atoms with Gasteiger partial charge in [0.2, 0.25) is 11.8 Å². The lowest BCUT2D eigenvalue weighted by atomic mass is 10.1. The lowest BCUT2D eigenvalue weighted by Gasteiger charge is -2.31. The smallest absolute Gasteiger partial charge is 0.242 e. The molecular formula is C24H29Cl3N2O3. The molecule has 5 nitrogen and oxygen atoms in total. The minimum Gasteiger partial charge on any atom is -0.494 e. The van der Waals surface area contributed by atoms with Crippen LogP contribution in [-0.2, 0) is 16.1 Å². The van der Waals surface area contributed by atoms with Gasteiger partial charge in [0.25, 0.3) is 0 Å². The molecule has 0 bridgehead atoms. The van der Waals surface area contributed by atoms with Crippen LogP contribution >= 0.6 is 34.8 Å². The number of halogens is 3. The van der Waals surface area contributed by atoms with Gasteiger partial charge in [-0.15, -0.1) is 0 Å². The maximum Gasteiger partial charge on any atom is 0.242 e. The molecule has 0 aliphatic rings. The molecule has 0 fully saturated rings. The summed E-state index contributed by atoms with van der Waals surface area (Å²) in [6.45, 7) is 7.97. The van der Waals surface area contributed by atoms with Gasteiger partial charge in [0.05, 0.1) is 6.61 Å². The third kappa shape index (κ3) is 8.53. The van der Waals surface area contributed by atoms with Crippen molar-refractivity contribution in [2.45, 2.75) is 58.7 Å². The average molecular weight is 500 g/mol. The zero-order valence-electron chi connectivity index (χ0n) is 18.8. The lowest BCUT2D eigenvalue weighted by Crippen LogP contribution is -2.52. The summed E-state index contributed by atoms with van der Waals surface area (Å²) >= 11 is 18.2. The fraction of sp³-hybridized carbons (Fsp3) is 0.417. The molecule has 0 radical (unpaired) electrons. The summed E-state index contributed by atoms with van der Waals surface area (Å²) in [5.74, 6) is 0.296. The number of nitrogens with one attached hydrogen (secondary N) is 1. The van der Waals surface area contributed by atoms with E-state index in [2.05, 4.69) is 5.32 Å². The molecule has 0 aromatic heterocycles. The number of hydrogen-bond acceptors (Lipinski definition) is 3. The summed E-state index contributed by atoms with van der Waals surface area (Å²) in [5, 5.41) is 4.52. The topological polar surface area (TPSA) is 58.6 Å². The molecular weight excluding hydrogens is 471 g/mol. The van der Waals surface area contributed by atoms with E-state index in [0.29, 0.717) is 33.8 Å². The molecule has 1 atom stereocenters. The molecule has 0 saturated carbocycles. The third-order valence-electron chi connectivity index (χ3n) is 4.64. The maximum absolute atomic E-state index is 13.1. The van der Waals surface area contributed by atoms with Gasteiger partial charge in [-0.2, -0.15) is 0 Å². The number of nitrogens with zero attached hydrogens (tertiary/aromatic N) is 1. The number of ether oxygens (including phenoxy) is 1. The molecule has 2 rings (SSSR count). The average Bonchev–Trinajstić information content (AvgIpc) is 2.70. The van der Waals surface area contributed by atoms with Crippen molar-refractivity contribution >= 4 is 46.6 Å². The molecule has 1 N–H and O–H groups in total. The van der Waals surface area contributed by atoms with Crippen molar-refractivity contribution in [2.75, 3.05) is 6.61 Å². The lowest BCUT2D eigenvalue weighted by molar-refractivity contribution is -0.141. The Morgan fingerprint density at radius 2 is 1.66 bits per heavy atom. The normalized spacial score (nSPS) is 12.2. The van der Waals surface area contributed by atoms with E-state index in [1.165, 1.54) is 0 Å². The summed E-state index contributed by atoms with van der Waals surface area (Å²) in [5.41, 5.74) is 0.307. The van der Waals surface area contributed by atoms with E-state index >= 15 is 0 Å². The minimum atomic E-state index is -0.675. The highest BCUT2D eigenvalue weighted by molar-refractivity contribution is 6.35. The quantitative estimate of drug-likeness (QED) is 0.422. The van der Waals surface area contributed by atoms with Gasteiger partial charge in [0, 0.05) is 33.6 Å². The van der Waals surface area contributed by atoms with Crippen LogP contribution < -0.4 is 10.1 Å². The molecule has 0 aliphatic carbocycles. The van der Waals surface area contributed by atoms with Crippen molar-refractivity contribution in [3.63, 3.8) is 0 Å². The van der Waals surface area contributed by atoms with Crippen LogP contribution in [0.15, 0.2) is 42.5 Å². The molecule has 2 aromatic rings. The first-order valence-corrected chi connectivity index (χ1v) is 11.5. The Kier molecular flexibility index (Phi) is 9.68. The Hall–Kier alpha value is -1.95. The van der Waals surface area contributed by atoms with Crippen LogP contribution in [0.2, 0.25) is 15.1 Å². The zero-order chi connectivity index (χ0) is 23.9. The number of carbonyl (C=O) groups is 2. The van der Waals surface area contributed by atoms with Crippen molar-refractivity contribution in [3.05, 3.63) is 63.1 Å². The molecule has 32 heavy (non-hydrogen) atoms. The number of benzene rings is 2. The van der Waals surface area contributed by atoms with Gasteiger partial charge in [-0.25, -0.2) is 0 Å². The van der Waals surface area contributed by atoms with Crippen molar-refractivity contribution in [1.29, 1.82) is 0 Å². The number of rotatable bonds is 9. The molecule has 174 valence electrons. The van der Waals surface area contributed by atoms with Crippen molar-refractivity contribution in [3.8, 4) is 5.75 Å². The second-order valence-electron chi connectivity index (χ2n) is 8.58. The fourth-order valence-electron chi connectivity index (χ4n) is 2.98. The monoisotopic (exact) mass is 498 g/mol. The van der Waals surface area contributed by atoms with Crippen LogP contribution in [0.4, 0.5) is 0 Å². The van der Waals surface area contributed by atoms with Crippen LogP contribution in [0.25, 0.3) is 0 Å². The Balaban J connectivity index is 2.06. The molecule has 8 heteroatoms. The Morgan fingerprint density at radius 1 is 1.03 bits per heavy atom. The molecule has 0 unspecified atom stereocenters. The first-order valence-electron chi connectivity index (χ1n) is 10.4. The van der Waals surface area contributed by atoms with Gasteiger partial charge in [-0.3, -0.25) is 9.59 Å². The summed E-state index contributed by atoms with van der Waals surface area (Å²) in [6.07, 6.45) is 0.728. The van der Waals surface area contributed by atoms with Crippen molar-refractivity contribution in [2.24, 2.45) is 0 Å². The number of amides is 2. The first-order chi connectivity index (χ1) is 15.0. The number of hydrogen-bond donors (Lipinski definition) is 1. The van der Waals surface area contributed by atoms with Gasteiger partial charge in [-0.05, 0) is 76.1 Å². The Morgan fingerprint density at radius 3 is 2.25 bits per heavy atom. The van der Waals surface area contributed by atoms with E-state index in [1.807, 2.05) is 20.8 Å². The van der Waals surface area contributed by atoms with Crippen LogP contribution in [0.5, 0.6) is 5.75 Å². The zero-order valence-corrected chi connectivity index (χ0v) is 21.0. The highest BCUT2D eigenvalue weighted by Gasteiger charge is 2.28. The Bertz CT molecular complexity index is 927. The molecule has 0 heterocycles. The van der Waals surface area contributed by atoms with Crippen molar-refractivity contribution < 1.29 is 14.3 Å². The highest BCUT2D eigenvalue weighted by Crippen LogP contribution is 2.24. The summed E-state index contributed by atoms with van der Waals surface area (Å²) in [6, 6.07) is 11.5. The molecule has 2 aromatic carbocycles. The molecule has 0 aliphatic heterocycles. The van der Waals surface area contributed by atoms with Crippen LogP contribution in [-0.4, -0.2) is 34.9 Å². The fourth-order valence-corrected chi connectivity index (χ4v) is 3.57. The Labute approximate surface area is 205 Å². The van der Waals surface area contributed by atoms with E-state index in [9.17, 15) is 9.59 Å². The van der Waals surface area contributed by atoms with E-state index in [1.54, 1.807) is 54.3 Å². The first kappa shape index (κ1) is 26.3. The van der Waals surface area contributed by atoms with Gasteiger partial charge in [-0.1, -0.05) is 40.9 Å². The third-order valence-corrected chi connectivity index (χ3v) is 5.48. The van der Waals surface area contributed by atoms with Crippen LogP contribution in [0.3, 0.4) is 0 Å². The highest BCUT2D eigenvalue weighted by atomic mass is 35.5. The standard InChI is InChI=1S/C24H29Cl3N2O3/c1-16(23(31)28-24(2,3)4)29(15-17-7-8-19(26)14-21(17)27)22(30)6-5-13-32-20-11-9-18(25)10-12-20/h7-12,14,16H,5-6,13,15H2,1-4H3,(H,28,31)/t16-/m0/s1. The van der Waals surface area contributed by atoms with E-state index in [4.69, 9.17) is 39.5 Å². The van der Waals surface area contributed by atoms with Gasteiger partial charge in [0.15, 0.2) is 0 Å². The predicted octanol–water partition coefficient (Wildman–Crippen LogP) is 6.14.